The van der Waals surface area contributed by atoms with E-state index in [0.29, 0.717) is 58.8 Å². The van der Waals surface area contributed by atoms with Gasteiger partial charge in [0.25, 0.3) is 0 Å². The average Bonchev–Trinajstić information content (AvgIpc) is 0.916. The molecular formula is C104H103N15O6S2. The highest BCUT2D eigenvalue weighted by molar-refractivity contribution is 7.13. The number of nitrogens with zero attached hydrogens (tertiary/aromatic N) is 8. The van der Waals surface area contributed by atoms with Gasteiger partial charge in [0.1, 0.15) is 11.6 Å². The van der Waals surface area contributed by atoms with Gasteiger partial charge in [0, 0.05) is 202 Å². The topological polar surface area (TPSA) is 290 Å². The van der Waals surface area contributed by atoms with Crippen LogP contribution in [0.25, 0.3) is 70.6 Å². The number of nitrogens with one attached hydrogen (secondary N) is 3. The largest absolute Gasteiger partial charge is 0.398 e. The maximum absolute atomic E-state index is 13.2. The summed E-state index contributed by atoms with van der Waals surface area (Å²) in [5.41, 5.74) is 47.8. The molecule has 0 bridgehead atoms. The normalized spacial score (nSPS) is 15.0. The molecule has 1 amide bonds. The van der Waals surface area contributed by atoms with Crippen LogP contribution in [0.1, 0.15) is 70.0 Å². The van der Waals surface area contributed by atoms with E-state index in [1.807, 2.05) is 210 Å². The molecule has 21 nitrogen and oxygen atoms in total. The number of anilines is 8. The van der Waals surface area contributed by atoms with E-state index >= 15 is 0 Å². The molecule has 9 heterocycles. The number of Topliss-reactive ketones (excluding diaryl/α,β-unsaturated/α-hetero) is 4. The Kier molecular flexibility index (Phi) is 27.2. The lowest BCUT2D eigenvalue weighted by Crippen LogP contribution is -2.43. The van der Waals surface area contributed by atoms with Crippen LogP contribution in [0.4, 0.5) is 45.8 Å². The van der Waals surface area contributed by atoms with E-state index in [2.05, 4.69) is 95.1 Å². The molecule has 127 heavy (non-hydrogen) atoms. The lowest BCUT2D eigenvalue weighted by atomic mass is 9.95. The van der Waals surface area contributed by atoms with Crippen LogP contribution in [0.3, 0.4) is 0 Å². The molecule has 1 aliphatic carbocycles. The van der Waals surface area contributed by atoms with Gasteiger partial charge in [0.2, 0.25) is 5.91 Å². The average molecular weight is 1720 g/mol. The van der Waals surface area contributed by atoms with Crippen molar-refractivity contribution in [2.75, 3.05) is 160 Å². The van der Waals surface area contributed by atoms with Gasteiger partial charge in [-0.3, -0.25) is 33.9 Å². The Labute approximate surface area is 748 Å². The van der Waals surface area contributed by atoms with Crippen molar-refractivity contribution in [2.45, 2.75) is 38.5 Å². The molecule has 0 atom stereocenters. The van der Waals surface area contributed by atoms with E-state index in [1.165, 1.54) is 16.1 Å². The summed E-state index contributed by atoms with van der Waals surface area (Å²) in [5.74, 6) is 2.17. The van der Waals surface area contributed by atoms with Crippen LogP contribution in [0.5, 0.6) is 0 Å². The predicted molar refractivity (Wildman–Crippen MR) is 518 cm³/mol. The highest BCUT2D eigenvalue weighted by Gasteiger charge is 2.30. The number of amides is 1. The summed E-state index contributed by atoms with van der Waals surface area (Å²) in [6, 6.07) is 79.6. The van der Waals surface area contributed by atoms with Crippen LogP contribution in [0.15, 0.2) is 266 Å². The van der Waals surface area contributed by atoms with Gasteiger partial charge < -0.3 is 63.2 Å². The monoisotopic (exact) mass is 1720 g/mol. The van der Waals surface area contributed by atoms with Gasteiger partial charge in [-0.05, 0) is 229 Å². The first-order chi connectivity index (χ1) is 62.1. The van der Waals surface area contributed by atoms with Gasteiger partial charge in [-0.2, -0.15) is 0 Å². The minimum atomic E-state index is -0.000993. The molecular weight excluding hydrogens is 1620 g/mol. The number of ether oxygens (including phenoxy) is 1. The lowest BCUT2D eigenvalue weighted by Gasteiger charge is -2.29. The Balaban J connectivity index is 0.000000119. The van der Waals surface area contributed by atoms with Crippen LogP contribution in [-0.4, -0.2) is 167 Å². The molecule has 20 rings (SSSR count). The number of ketones is 4. The zero-order chi connectivity index (χ0) is 87.1. The van der Waals surface area contributed by atoms with Crippen molar-refractivity contribution in [1.82, 2.24) is 35.8 Å². The molecule has 14 aromatic rings. The van der Waals surface area contributed by atoms with Gasteiger partial charge in [-0.1, -0.05) is 109 Å². The second-order valence-electron chi connectivity index (χ2n) is 32.6. The Morgan fingerprint density at radius 2 is 0.890 bits per heavy atom. The van der Waals surface area contributed by atoms with E-state index < -0.39 is 0 Å². The summed E-state index contributed by atoms with van der Waals surface area (Å²) >= 11 is 3.35. The molecule has 0 unspecified atom stereocenters. The number of pyridine rings is 1. The fraction of sp³-hybridized carbons (Fsp3) is 0.231. The number of nitrogens with two attached hydrogens (primary N) is 4. The van der Waals surface area contributed by atoms with Crippen molar-refractivity contribution in [2.24, 2.45) is 0 Å². The lowest BCUT2D eigenvalue weighted by molar-refractivity contribution is -0.117. The number of carbonyl (C=O) groups is 5. The van der Waals surface area contributed by atoms with Gasteiger partial charge in [-0.15, -0.1) is 22.7 Å². The first-order valence-corrected chi connectivity index (χ1v) is 45.3. The summed E-state index contributed by atoms with van der Waals surface area (Å²) in [5, 5.41) is 15.2. The molecule has 4 fully saturated rings. The van der Waals surface area contributed by atoms with Crippen molar-refractivity contribution in [3.05, 3.63) is 321 Å². The smallest absolute Gasteiger partial charge is 0.231 e. The second-order valence-corrected chi connectivity index (χ2v) is 34.5. The molecule has 6 aliphatic rings. The van der Waals surface area contributed by atoms with Gasteiger partial charge in [0.05, 0.1) is 42.4 Å². The Morgan fingerprint density at radius 3 is 1.44 bits per heavy atom. The maximum atomic E-state index is 13.2. The van der Waals surface area contributed by atoms with E-state index in [-0.39, 0.29) is 48.3 Å². The number of morpholine rings is 1. The molecule has 10 aromatic carbocycles. The summed E-state index contributed by atoms with van der Waals surface area (Å²) in [4.78, 5) is 92.6. The number of rotatable bonds is 22. The Morgan fingerprint density at radius 1 is 0.402 bits per heavy atom. The minimum absolute atomic E-state index is 0.000993. The molecule has 23 heteroatoms. The zero-order valence-electron chi connectivity index (χ0n) is 71.0. The van der Waals surface area contributed by atoms with Crippen LogP contribution in [-0.2, 0) is 52.9 Å². The number of hydrogen-bond acceptors (Lipinski definition) is 22. The van der Waals surface area contributed by atoms with Crippen LogP contribution in [0, 0.1) is 0 Å². The van der Waals surface area contributed by atoms with Crippen molar-refractivity contribution in [3.63, 3.8) is 0 Å². The number of hydrogen-bond donors (Lipinski definition) is 7. The van der Waals surface area contributed by atoms with E-state index in [1.54, 1.807) is 28.9 Å². The number of piperazine rings is 3. The summed E-state index contributed by atoms with van der Waals surface area (Å²) in [6.45, 7) is 16.5. The van der Waals surface area contributed by atoms with E-state index in [0.717, 1.165) is 234 Å². The second kappa shape index (κ2) is 40.3. The summed E-state index contributed by atoms with van der Waals surface area (Å²) in [7, 11) is 0. The number of fused-ring (bicyclic) bond motifs is 4. The maximum Gasteiger partial charge on any atom is 0.231 e. The third kappa shape index (κ3) is 20.9. The quantitative estimate of drug-likeness (QED) is 0.0245. The molecule has 11 N–H and O–H groups in total. The van der Waals surface area contributed by atoms with Crippen LogP contribution >= 0.6 is 22.7 Å². The number of thiophene rings is 2. The minimum Gasteiger partial charge on any atom is -0.398 e. The Hall–Kier alpha value is -13.4. The first kappa shape index (κ1) is 85.8. The van der Waals surface area contributed by atoms with Crippen molar-refractivity contribution in [3.8, 4) is 43.1 Å². The fourth-order valence-electron chi connectivity index (χ4n) is 17.1. The SMILES string of the molecule is Nc1ccc(-c2ccccc2)cc1CC(=O)C1=CCc2cc(N3CCNCC3)ccc21.Nc1ccc(-c2ccccc2)cc1CC(=O)c1ccc2c(c1)CC(=O)N2CCN1CCOCC1.Nc1ccc(-c2cccs2)cc1CC(=O)c1ccc2nc(N3CCNCC3)ccc2c1.Nc1ccc(-c2cccs2)cc1CC(=O)c1ccc2nc(N3CCNCC3)cnc2c1. The van der Waals surface area contributed by atoms with Crippen molar-refractivity contribution >= 4 is 125 Å². The number of allylic oxidation sites excluding steroid dienone is 2. The summed E-state index contributed by atoms with van der Waals surface area (Å²) < 4.78 is 5.40. The van der Waals surface area contributed by atoms with Gasteiger partial charge in [0.15, 0.2) is 23.1 Å². The highest BCUT2D eigenvalue weighted by Crippen LogP contribution is 2.37. The molecule has 4 aromatic heterocycles. The van der Waals surface area contributed by atoms with Gasteiger partial charge >= 0.3 is 0 Å². The fourth-order valence-corrected chi connectivity index (χ4v) is 18.6. The van der Waals surface area contributed by atoms with Crippen molar-refractivity contribution in [1.29, 1.82) is 0 Å². The molecule has 0 saturated carbocycles. The molecule has 642 valence electrons. The van der Waals surface area contributed by atoms with Gasteiger partial charge in [-0.25, -0.2) is 9.97 Å². The first-order valence-electron chi connectivity index (χ1n) is 43.6. The van der Waals surface area contributed by atoms with Crippen LogP contribution in [0.2, 0.25) is 0 Å². The van der Waals surface area contributed by atoms with Crippen molar-refractivity contribution < 1.29 is 28.7 Å². The number of aromatic nitrogens is 3. The van der Waals surface area contributed by atoms with E-state index in [4.69, 9.17) is 37.6 Å². The third-order valence-corrected chi connectivity index (χ3v) is 26.1. The molecule has 5 aliphatic heterocycles. The summed E-state index contributed by atoms with van der Waals surface area (Å²) in [6.07, 6.45) is 6.10. The highest BCUT2D eigenvalue weighted by atomic mass is 32.1. The molecule has 4 saturated heterocycles. The number of benzene rings is 10. The molecule has 0 spiro atoms. The number of carbonyl (C=O) groups excluding carboxylic acids is 5. The standard InChI is InChI=1S/C28H29N3O3.C27H27N3O.C25H24N4OS.C24H23N5OS/c29-25-8-6-21(20-4-2-1-3-5-20)16-23(25)18-27(32)22-7-9-26-24(17-22)19-28(33)31(26)11-10-30-12-14-34-15-13-30;28-26-11-7-20(19-4-2-1-3-5-19)16-22(26)18-27(31)25-9-6-21-17-23(8-10-24(21)25)30-14-12-29-13-15-30;26-21-6-3-19(24-2-1-13-31-24)15-20(21)16-23(30)18-4-7-22-17(14-18)5-8-25(28-22)29-11-9-27-10-12-29;25-19-5-3-17(23-2-1-11-31-23)12-18(19)14-22(30)16-4-6-20-21(13-16)27-15-24(28-20)29-9-7-26-8-10-29/h1-9,16-17H,10-15,18-19,29H2;1-5,7-11,16-17,29H,6,12-15,18,28H2;1-8,13-15,27H,9-12,16,26H2;1-6,11-13,15,26H,7-10,14,25H2. The zero-order valence-corrected chi connectivity index (χ0v) is 72.7. The predicted octanol–water partition coefficient (Wildman–Crippen LogP) is 15.8. The third-order valence-electron chi connectivity index (χ3n) is 24.3. The number of nitrogen functional groups attached to an aromatic ring is 4. The molecule has 0 radical (unpaired) electrons. The van der Waals surface area contributed by atoms with Crippen LogP contribution < -0.4 is 58.5 Å². The van der Waals surface area contributed by atoms with E-state index in [9.17, 15) is 24.0 Å². The Bertz CT molecular complexity index is 6150.